The van der Waals surface area contributed by atoms with Gasteiger partial charge in [0.15, 0.2) is 6.10 Å². The standard InChI is InChI=1S/C21H18N4O4/c1-13(20(27)25-12-18(26)23-16-9-5-6-10-17(16)25)29-21(28)15-11-22-24-19(15)14-7-3-2-4-8-14/h2-11,13H,12H2,1H3,(H,22,24)(H,23,26). The first kappa shape index (κ1) is 18.4. The van der Waals surface area contributed by atoms with Crippen LogP contribution in [-0.2, 0) is 14.3 Å². The van der Waals surface area contributed by atoms with Gasteiger partial charge in [0.05, 0.1) is 23.3 Å². The van der Waals surface area contributed by atoms with E-state index in [2.05, 4.69) is 15.5 Å². The van der Waals surface area contributed by atoms with E-state index in [9.17, 15) is 14.4 Å². The van der Waals surface area contributed by atoms with Crippen molar-refractivity contribution in [2.45, 2.75) is 13.0 Å². The predicted molar refractivity (Wildman–Crippen MR) is 106 cm³/mol. The second-order valence-electron chi connectivity index (χ2n) is 6.56. The number of aromatic nitrogens is 2. The Morgan fingerprint density at radius 2 is 1.83 bits per heavy atom. The lowest BCUT2D eigenvalue weighted by Gasteiger charge is -2.30. The molecule has 2 N–H and O–H groups in total. The molecule has 1 atom stereocenters. The second kappa shape index (κ2) is 7.59. The van der Waals surface area contributed by atoms with Crippen molar-refractivity contribution in [3.63, 3.8) is 0 Å². The van der Waals surface area contributed by atoms with Crippen LogP contribution in [0, 0.1) is 0 Å². The Balaban J connectivity index is 1.53. The fraction of sp³-hybridized carbons (Fsp3) is 0.143. The van der Waals surface area contributed by atoms with Gasteiger partial charge in [-0.25, -0.2) is 4.79 Å². The lowest BCUT2D eigenvalue weighted by atomic mass is 10.1. The van der Waals surface area contributed by atoms with Gasteiger partial charge in [0, 0.05) is 5.56 Å². The van der Waals surface area contributed by atoms with E-state index in [4.69, 9.17) is 4.74 Å². The summed E-state index contributed by atoms with van der Waals surface area (Å²) in [5, 5.41) is 9.44. The highest BCUT2D eigenvalue weighted by Crippen LogP contribution is 2.30. The summed E-state index contributed by atoms with van der Waals surface area (Å²) in [4.78, 5) is 38.9. The maximum absolute atomic E-state index is 12.9. The topological polar surface area (TPSA) is 104 Å². The van der Waals surface area contributed by atoms with Gasteiger partial charge in [-0.3, -0.25) is 19.6 Å². The van der Waals surface area contributed by atoms with E-state index < -0.39 is 18.0 Å². The van der Waals surface area contributed by atoms with E-state index in [0.29, 0.717) is 17.1 Å². The van der Waals surface area contributed by atoms with Crippen molar-refractivity contribution >= 4 is 29.2 Å². The molecule has 2 amide bonds. The van der Waals surface area contributed by atoms with Crippen LogP contribution in [0.1, 0.15) is 17.3 Å². The molecule has 146 valence electrons. The minimum atomic E-state index is -1.08. The number of ether oxygens (including phenoxy) is 1. The minimum Gasteiger partial charge on any atom is -0.449 e. The molecule has 2 aromatic carbocycles. The van der Waals surface area contributed by atoms with Crippen LogP contribution in [0.2, 0.25) is 0 Å². The number of hydrogen-bond acceptors (Lipinski definition) is 5. The van der Waals surface area contributed by atoms with Crippen LogP contribution in [0.25, 0.3) is 11.3 Å². The summed E-state index contributed by atoms with van der Waals surface area (Å²) < 4.78 is 5.40. The van der Waals surface area contributed by atoms with E-state index >= 15 is 0 Å². The van der Waals surface area contributed by atoms with E-state index in [1.54, 1.807) is 24.3 Å². The molecule has 0 saturated heterocycles. The van der Waals surface area contributed by atoms with Gasteiger partial charge in [-0.2, -0.15) is 5.10 Å². The van der Waals surface area contributed by atoms with Crippen molar-refractivity contribution in [2.75, 3.05) is 16.8 Å². The number of carbonyl (C=O) groups excluding carboxylic acids is 3. The highest BCUT2D eigenvalue weighted by Gasteiger charge is 2.32. The highest BCUT2D eigenvalue weighted by atomic mass is 16.5. The molecule has 0 radical (unpaired) electrons. The third-order valence-corrected chi connectivity index (χ3v) is 4.59. The van der Waals surface area contributed by atoms with Crippen LogP contribution in [0.5, 0.6) is 0 Å². The van der Waals surface area contributed by atoms with E-state index in [0.717, 1.165) is 5.56 Å². The zero-order chi connectivity index (χ0) is 20.4. The maximum Gasteiger partial charge on any atom is 0.342 e. The number of amides is 2. The van der Waals surface area contributed by atoms with Gasteiger partial charge in [0.25, 0.3) is 5.91 Å². The molecule has 0 fully saturated rings. The third kappa shape index (κ3) is 3.60. The highest BCUT2D eigenvalue weighted by molar-refractivity contribution is 6.11. The monoisotopic (exact) mass is 390 g/mol. The number of fused-ring (bicyclic) bond motifs is 1. The van der Waals surface area contributed by atoms with Crippen LogP contribution in [0.4, 0.5) is 11.4 Å². The summed E-state index contributed by atoms with van der Waals surface area (Å²) in [6.45, 7) is 1.34. The van der Waals surface area contributed by atoms with Gasteiger partial charge in [0.1, 0.15) is 12.1 Å². The molecule has 1 aliphatic rings. The summed E-state index contributed by atoms with van der Waals surface area (Å²) in [5.41, 5.74) is 2.62. The molecule has 0 saturated carbocycles. The number of para-hydroxylation sites is 2. The number of aromatic amines is 1. The molecular formula is C21H18N4O4. The Kier molecular flexibility index (Phi) is 4.82. The molecule has 4 rings (SSSR count). The summed E-state index contributed by atoms with van der Waals surface area (Å²) >= 11 is 0. The average molecular weight is 390 g/mol. The molecule has 8 heteroatoms. The lowest BCUT2D eigenvalue weighted by Crippen LogP contribution is -2.47. The first-order valence-corrected chi connectivity index (χ1v) is 9.04. The Labute approximate surface area is 166 Å². The van der Waals surface area contributed by atoms with E-state index in [1.165, 1.54) is 18.0 Å². The molecule has 3 aromatic rings. The Morgan fingerprint density at radius 1 is 1.10 bits per heavy atom. The number of nitrogens with zero attached hydrogens (tertiary/aromatic N) is 2. The Bertz CT molecular complexity index is 1080. The summed E-state index contributed by atoms with van der Waals surface area (Å²) in [6, 6.07) is 16.2. The fourth-order valence-electron chi connectivity index (χ4n) is 3.19. The van der Waals surface area contributed by atoms with Gasteiger partial charge >= 0.3 is 5.97 Å². The maximum atomic E-state index is 12.9. The van der Waals surface area contributed by atoms with Crippen molar-refractivity contribution < 1.29 is 19.1 Å². The van der Waals surface area contributed by atoms with Crippen molar-refractivity contribution in [1.82, 2.24) is 10.2 Å². The van der Waals surface area contributed by atoms with E-state index in [-0.39, 0.29) is 18.0 Å². The van der Waals surface area contributed by atoms with Gasteiger partial charge < -0.3 is 10.1 Å². The smallest absolute Gasteiger partial charge is 0.342 e. The molecule has 0 aliphatic carbocycles. The van der Waals surface area contributed by atoms with Crippen LogP contribution >= 0.6 is 0 Å². The normalized spacial score (nSPS) is 14.0. The molecule has 0 spiro atoms. The van der Waals surface area contributed by atoms with Crippen LogP contribution in [0.15, 0.2) is 60.8 Å². The van der Waals surface area contributed by atoms with Crippen molar-refractivity contribution in [3.05, 3.63) is 66.4 Å². The van der Waals surface area contributed by atoms with Gasteiger partial charge in [-0.05, 0) is 19.1 Å². The first-order valence-electron chi connectivity index (χ1n) is 9.04. The summed E-state index contributed by atoms with van der Waals surface area (Å²) in [6.07, 6.45) is 0.283. The van der Waals surface area contributed by atoms with Crippen molar-refractivity contribution in [3.8, 4) is 11.3 Å². The largest absolute Gasteiger partial charge is 0.449 e. The lowest BCUT2D eigenvalue weighted by molar-refractivity contribution is -0.128. The molecular weight excluding hydrogens is 372 g/mol. The molecule has 8 nitrogen and oxygen atoms in total. The zero-order valence-electron chi connectivity index (χ0n) is 15.6. The van der Waals surface area contributed by atoms with Gasteiger partial charge in [-0.15, -0.1) is 0 Å². The zero-order valence-corrected chi connectivity index (χ0v) is 15.6. The summed E-state index contributed by atoms with van der Waals surface area (Å²) in [5.74, 6) is -1.46. The first-order chi connectivity index (χ1) is 14.0. The molecule has 29 heavy (non-hydrogen) atoms. The molecule has 2 heterocycles. The number of carbonyl (C=O) groups is 3. The number of nitrogens with one attached hydrogen (secondary N) is 2. The SMILES string of the molecule is CC(OC(=O)c1cn[nH]c1-c1ccccc1)C(=O)N1CC(=O)Nc2ccccc21. The molecule has 1 unspecified atom stereocenters. The van der Waals surface area contributed by atoms with Gasteiger partial charge in [-0.1, -0.05) is 42.5 Å². The van der Waals surface area contributed by atoms with Gasteiger partial charge in [0.2, 0.25) is 5.91 Å². The molecule has 1 aliphatic heterocycles. The second-order valence-corrected chi connectivity index (χ2v) is 6.56. The number of hydrogen-bond donors (Lipinski definition) is 2. The van der Waals surface area contributed by atoms with Crippen LogP contribution in [-0.4, -0.2) is 40.6 Å². The molecule has 1 aromatic heterocycles. The number of benzene rings is 2. The predicted octanol–water partition coefficient (Wildman–Crippen LogP) is 2.61. The number of rotatable bonds is 4. The van der Waals surface area contributed by atoms with Crippen LogP contribution < -0.4 is 10.2 Å². The quantitative estimate of drug-likeness (QED) is 0.667. The fourth-order valence-corrected chi connectivity index (χ4v) is 3.19. The molecule has 0 bridgehead atoms. The van der Waals surface area contributed by atoms with Crippen LogP contribution in [0.3, 0.4) is 0 Å². The number of anilines is 2. The Hall–Kier alpha value is -3.94. The van der Waals surface area contributed by atoms with Crippen molar-refractivity contribution in [1.29, 1.82) is 0 Å². The number of H-pyrrole nitrogens is 1. The van der Waals surface area contributed by atoms with E-state index in [1.807, 2.05) is 30.3 Å². The minimum absolute atomic E-state index is 0.140. The summed E-state index contributed by atoms with van der Waals surface area (Å²) in [7, 11) is 0. The Morgan fingerprint density at radius 3 is 2.62 bits per heavy atom. The third-order valence-electron chi connectivity index (χ3n) is 4.59. The number of esters is 1. The van der Waals surface area contributed by atoms with Crippen molar-refractivity contribution in [2.24, 2.45) is 0 Å². The average Bonchev–Trinajstić information content (AvgIpc) is 3.23.